The van der Waals surface area contributed by atoms with E-state index in [1.807, 2.05) is 0 Å². The van der Waals surface area contributed by atoms with E-state index in [1.54, 1.807) is 0 Å². The van der Waals surface area contributed by atoms with Crippen LogP contribution in [0.4, 0.5) is 4.70 Å². The van der Waals surface area contributed by atoms with E-state index in [1.165, 1.54) is 4.43 Å². The summed E-state index contributed by atoms with van der Waals surface area (Å²) in [6.45, 7) is 4.56. The second-order valence-corrected chi connectivity index (χ2v) is 5.15. The van der Waals surface area contributed by atoms with Gasteiger partial charge < -0.3 is 0 Å². The molecule has 59 valence electrons. The zero-order chi connectivity index (χ0) is 7.40. The highest BCUT2D eigenvalue weighted by atomic mass is 27.1. The first-order valence-corrected chi connectivity index (χ1v) is 4.93. The molecule has 0 atom stereocenters. The van der Waals surface area contributed by atoms with Crippen molar-refractivity contribution in [2.45, 2.75) is 18.6 Å². The molecule has 0 spiro atoms. The van der Waals surface area contributed by atoms with Gasteiger partial charge in [0.2, 0.25) is 0 Å². The van der Waals surface area contributed by atoms with E-state index in [4.69, 9.17) is 0 Å². The Morgan fingerprint density at radius 1 is 1.09 bits per heavy atom. The molecular formula is C9H13AlF. The van der Waals surface area contributed by atoms with Crippen LogP contribution in [0.5, 0.6) is 0 Å². The van der Waals surface area contributed by atoms with Crippen molar-refractivity contribution < 1.29 is 4.70 Å². The van der Waals surface area contributed by atoms with Gasteiger partial charge in [0.25, 0.3) is 15.2 Å². The van der Waals surface area contributed by atoms with Crippen molar-refractivity contribution in [3.8, 4) is 0 Å². The van der Waals surface area contributed by atoms with Crippen LogP contribution in [0.1, 0.15) is 13.8 Å². The number of halogens is 1. The van der Waals surface area contributed by atoms with Gasteiger partial charge in [0.15, 0.2) is 0 Å². The van der Waals surface area contributed by atoms with Crippen LogP contribution in [0.3, 0.4) is 0 Å². The summed E-state index contributed by atoms with van der Waals surface area (Å²) in [5.41, 5.74) is 0. The third-order valence-corrected chi connectivity index (χ3v) is 2.76. The smallest absolute Gasteiger partial charge is 0.253 e. The van der Waals surface area contributed by atoms with E-state index in [2.05, 4.69) is 44.2 Å². The summed E-state index contributed by atoms with van der Waals surface area (Å²) in [5.74, 6) is 0. The minimum absolute atomic E-state index is 0. The minimum atomic E-state index is 0. The highest BCUT2D eigenvalue weighted by molar-refractivity contribution is 6.54. The van der Waals surface area contributed by atoms with Crippen LogP contribution in [0, 0.1) is 0 Å². The first-order chi connectivity index (χ1) is 4.79. The van der Waals surface area contributed by atoms with Gasteiger partial charge in [0, 0.05) is 0 Å². The second-order valence-electron chi connectivity index (χ2n) is 2.82. The highest BCUT2D eigenvalue weighted by Gasteiger charge is 1.98. The molecular weight excluding hydrogens is 154 g/mol. The number of rotatable bonds is 2. The molecule has 0 aliphatic rings. The Balaban J connectivity index is 0.000001000. The summed E-state index contributed by atoms with van der Waals surface area (Å²) in [5, 5.41) is 0. The molecule has 0 saturated carbocycles. The molecule has 2 heteroatoms. The van der Waals surface area contributed by atoms with Crippen LogP contribution in [0.15, 0.2) is 30.3 Å². The monoisotopic (exact) mass is 167 g/mol. The van der Waals surface area contributed by atoms with Gasteiger partial charge in [-0.2, -0.15) is 0 Å². The maximum absolute atomic E-state index is 2.28. The van der Waals surface area contributed by atoms with Crippen LogP contribution in [-0.4, -0.2) is 15.2 Å². The standard InChI is InChI=1S/C6H5.C3H7.Al.FH/c1-2-4-6-5-3-1;1-3-2;;/h1-5H;3H,1-2H3;;1H. The lowest BCUT2D eigenvalue weighted by atomic mass is 10.4. The molecule has 1 aromatic carbocycles. The molecule has 0 N–H and O–H groups in total. The lowest BCUT2D eigenvalue weighted by Gasteiger charge is -2.00. The molecule has 0 amide bonds. The predicted molar refractivity (Wildman–Crippen MR) is 49.4 cm³/mol. The second kappa shape index (κ2) is 5.35. The van der Waals surface area contributed by atoms with Crippen LogP contribution in [-0.2, 0) is 0 Å². The Morgan fingerprint density at radius 3 is 2.09 bits per heavy atom. The van der Waals surface area contributed by atoms with E-state index in [9.17, 15) is 0 Å². The summed E-state index contributed by atoms with van der Waals surface area (Å²) < 4.78 is 2.37. The first-order valence-electron chi connectivity index (χ1n) is 3.69. The molecule has 1 aromatic rings. The molecule has 0 saturated heterocycles. The average Bonchev–Trinajstić information content (AvgIpc) is 1.88. The van der Waals surface area contributed by atoms with Gasteiger partial charge in [-0.1, -0.05) is 49.0 Å². The molecule has 11 heavy (non-hydrogen) atoms. The molecule has 0 fully saturated rings. The molecule has 0 aliphatic carbocycles. The minimum Gasteiger partial charge on any atom is -0.269 e. The lowest BCUT2D eigenvalue weighted by molar-refractivity contribution is 1.07. The van der Waals surface area contributed by atoms with Crippen LogP contribution < -0.4 is 4.43 Å². The lowest BCUT2D eigenvalue weighted by Crippen LogP contribution is -2.15. The Kier molecular flexibility index (Phi) is 5.19. The SMILES string of the molecule is C[CH](C)[Al][c]1ccccc1.F. The van der Waals surface area contributed by atoms with Crippen molar-refractivity contribution in [1.29, 1.82) is 0 Å². The molecule has 0 heterocycles. The van der Waals surface area contributed by atoms with Gasteiger partial charge in [0.05, 0.1) is 0 Å². The van der Waals surface area contributed by atoms with E-state index in [0.717, 1.165) is 4.78 Å². The summed E-state index contributed by atoms with van der Waals surface area (Å²) >= 11 is 0.492. The van der Waals surface area contributed by atoms with Gasteiger partial charge in [-0.05, 0) is 0 Å². The van der Waals surface area contributed by atoms with Crippen LogP contribution >= 0.6 is 0 Å². The van der Waals surface area contributed by atoms with Crippen LogP contribution in [0.2, 0.25) is 4.78 Å². The molecule has 0 bridgehead atoms. The van der Waals surface area contributed by atoms with E-state index < -0.39 is 0 Å². The molecule has 0 aromatic heterocycles. The van der Waals surface area contributed by atoms with Gasteiger partial charge in [-0.3, -0.25) is 4.70 Å². The van der Waals surface area contributed by atoms with Crippen molar-refractivity contribution in [2.75, 3.05) is 0 Å². The van der Waals surface area contributed by atoms with Crippen LogP contribution in [0.25, 0.3) is 0 Å². The third-order valence-electron chi connectivity index (χ3n) is 1.33. The Bertz CT molecular complexity index is 184. The molecule has 1 rings (SSSR count). The van der Waals surface area contributed by atoms with Gasteiger partial charge >= 0.3 is 0 Å². The van der Waals surface area contributed by atoms with E-state index in [-0.39, 0.29) is 4.70 Å². The van der Waals surface area contributed by atoms with Gasteiger partial charge in [-0.25, -0.2) is 0 Å². The van der Waals surface area contributed by atoms with E-state index in [0.29, 0.717) is 15.2 Å². The number of benzene rings is 1. The van der Waals surface area contributed by atoms with Crippen molar-refractivity contribution in [3.63, 3.8) is 0 Å². The molecule has 0 aliphatic heterocycles. The maximum Gasteiger partial charge on any atom is 0.253 e. The summed E-state index contributed by atoms with van der Waals surface area (Å²) in [6, 6.07) is 10.7. The summed E-state index contributed by atoms with van der Waals surface area (Å²) in [4.78, 5) is 0. The normalized spacial score (nSPS) is 9.00. The van der Waals surface area contributed by atoms with Crippen molar-refractivity contribution in [3.05, 3.63) is 30.3 Å². The fraction of sp³-hybridized carbons (Fsp3) is 0.333. The topological polar surface area (TPSA) is 0 Å². The quantitative estimate of drug-likeness (QED) is 0.591. The molecule has 0 nitrogen and oxygen atoms in total. The Morgan fingerprint density at radius 2 is 1.64 bits per heavy atom. The fourth-order valence-corrected chi connectivity index (χ4v) is 2.16. The summed E-state index contributed by atoms with van der Waals surface area (Å²) in [7, 11) is 0. The zero-order valence-electron chi connectivity index (χ0n) is 6.95. The van der Waals surface area contributed by atoms with Crippen molar-refractivity contribution in [1.82, 2.24) is 0 Å². The third kappa shape index (κ3) is 4.19. The van der Waals surface area contributed by atoms with E-state index >= 15 is 0 Å². The molecule has 1 radical (unpaired) electrons. The summed E-state index contributed by atoms with van der Waals surface area (Å²) in [6.07, 6.45) is 0. The Labute approximate surface area is 73.7 Å². The number of hydrogen-bond acceptors (Lipinski definition) is 0. The predicted octanol–water partition coefficient (Wildman–Crippen LogP) is 2.00. The first kappa shape index (κ1) is 10.7. The largest absolute Gasteiger partial charge is 0.269 e. The van der Waals surface area contributed by atoms with Crippen molar-refractivity contribution >= 4 is 19.6 Å². The number of hydrogen-bond donors (Lipinski definition) is 0. The van der Waals surface area contributed by atoms with Crippen molar-refractivity contribution in [2.24, 2.45) is 0 Å². The Hall–Kier alpha value is -0.318. The average molecular weight is 167 g/mol. The van der Waals surface area contributed by atoms with Gasteiger partial charge in [0.1, 0.15) is 0 Å². The highest BCUT2D eigenvalue weighted by Crippen LogP contribution is 1.96. The maximum atomic E-state index is 2.28. The molecule has 0 unspecified atom stereocenters. The fourth-order valence-electron chi connectivity index (χ4n) is 0.949. The van der Waals surface area contributed by atoms with Gasteiger partial charge in [-0.15, -0.1) is 4.43 Å². The zero-order valence-corrected chi connectivity index (χ0v) is 8.10.